The summed E-state index contributed by atoms with van der Waals surface area (Å²) in [6.07, 6.45) is 1.15. The Kier molecular flexibility index (Phi) is 5.09. The molecule has 0 aliphatic carbocycles. The van der Waals surface area contributed by atoms with Crippen molar-refractivity contribution in [3.8, 4) is 0 Å². The first-order valence-corrected chi connectivity index (χ1v) is 3.68. The summed E-state index contributed by atoms with van der Waals surface area (Å²) in [5.74, 6) is 0. The van der Waals surface area contributed by atoms with Gasteiger partial charge < -0.3 is 4.79 Å². The lowest BCUT2D eigenvalue weighted by molar-refractivity contribution is -0.0979. The predicted molar refractivity (Wildman–Crippen MR) is 47.7 cm³/mol. The minimum atomic E-state index is 1.15. The number of carbonyl (C=O) groups excluding carboxylic acids is 1. The molecule has 0 amide bonds. The van der Waals surface area contributed by atoms with Crippen molar-refractivity contribution in [2.24, 2.45) is 0 Å². The highest BCUT2D eigenvalue weighted by molar-refractivity contribution is 5.24. The predicted octanol–water partition coefficient (Wildman–Crippen LogP) is 2.37. The maximum atomic E-state index is 8.00. The SMILES string of the molecule is C=O.CCc1ccccc1C. The second kappa shape index (κ2) is 5.66. The first-order valence-electron chi connectivity index (χ1n) is 3.68. The minimum absolute atomic E-state index is 1.15. The van der Waals surface area contributed by atoms with Crippen LogP contribution in [0, 0.1) is 6.92 Å². The highest BCUT2D eigenvalue weighted by atomic mass is 16.1. The van der Waals surface area contributed by atoms with Crippen LogP contribution in [0.15, 0.2) is 24.3 Å². The van der Waals surface area contributed by atoms with Gasteiger partial charge in [-0.05, 0) is 24.5 Å². The number of benzene rings is 1. The van der Waals surface area contributed by atoms with Crippen molar-refractivity contribution >= 4 is 6.79 Å². The monoisotopic (exact) mass is 150 g/mol. The summed E-state index contributed by atoms with van der Waals surface area (Å²) in [7, 11) is 0. The molecule has 60 valence electrons. The molecular formula is C10H14O. The number of aryl methyl sites for hydroxylation is 2. The van der Waals surface area contributed by atoms with Gasteiger partial charge in [0.1, 0.15) is 6.79 Å². The van der Waals surface area contributed by atoms with Crippen LogP contribution < -0.4 is 0 Å². The molecule has 0 fully saturated rings. The molecule has 1 nitrogen and oxygen atoms in total. The fourth-order valence-electron chi connectivity index (χ4n) is 1.01. The van der Waals surface area contributed by atoms with Crippen LogP contribution >= 0.6 is 0 Å². The third kappa shape index (κ3) is 2.99. The average molecular weight is 150 g/mol. The highest BCUT2D eigenvalue weighted by Crippen LogP contribution is 2.06. The van der Waals surface area contributed by atoms with Crippen LogP contribution in [0.3, 0.4) is 0 Å². The molecule has 0 aliphatic heterocycles. The van der Waals surface area contributed by atoms with Crippen molar-refractivity contribution in [2.75, 3.05) is 0 Å². The first kappa shape index (κ1) is 9.89. The molecule has 0 radical (unpaired) electrons. The van der Waals surface area contributed by atoms with Crippen LogP contribution in [-0.4, -0.2) is 6.79 Å². The molecule has 0 atom stereocenters. The minimum Gasteiger partial charge on any atom is -0.307 e. The van der Waals surface area contributed by atoms with E-state index in [0.717, 1.165) is 6.42 Å². The molecule has 1 aromatic rings. The summed E-state index contributed by atoms with van der Waals surface area (Å²) in [5, 5.41) is 0. The van der Waals surface area contributed by atoms with E-state index in [1.54, 1.807) is 0 Å². The second-order valence-corrected chi connectivity index (χ2v) is 2.28. The molecule has 1 heteroatoms. The molecule has 0 aromatic heterocycles. The van der Waals surface area contributed by atoms with Crippen molar-refractivity contribution in [1.29, 1.82) is 0 Å². The largest absolute Gasteiger partial charge is 0.307 e. The standard InChI is InChI=1S/C9H12.CH2O/c1-3-9-7-5-4-6-8(9)2;1-2/h4-7H,3H2,1-2H3;1H2. The third-order valence-corrected chi connectivity index (χ3v) is 1.64. The molecule has 0 unspecified atom stereocenters. The van der Waals surface area contributed by atoms with E-state index in [-0.39, 0.29) is 0 Å². The topological polar surface area (TPSA) is 17.1 Å². The zero-order valence-corrected chi connectivity index (χ0v) is 7.13. The van der Waals surface area contributed by atoms with Gasteiger partial charge in [-0.25, -0.2) is 0 Å². The van der Waals surface area contributed by atoms with Crippen LogP contribution in [0.5, 0.6) is 0 Å². The van der Waals surface area contributed by atoms with E-state index < -0.39 is 0 Å². The summed E-state index contributed by atoms with van der Waals surface area (Å²) >= 11 is 0. The van der Waals surface area contributed by atoms with E-state index >= 15 is 0 Å². The Morgan fingerprint density at radius 3 is 2.18 bits per heavy atom. The Bertz CT molecular complexity index is 206. The molecular weight excluding hydrogens is 136 g/mol. The molecule has 0 aliphatic rings. The van der Waals surface area contributed by atoms with Crippen molar-refractivity contribution in [3.05, 3.63) is 35.4 Å². The number of rotatable bonds is 1. The van der Waals surface area contributed by atoms with Gasteiger partial charge in [-0.2, -0.15) is 0 Å². The quantitative estimate of drug-likeness (QED) is 0.600. The van der Waals surface area contributed by atoms with E-state index in [1.165, 1.54) is 11.1 Å². The van der Waals surface area contributed by atoms with Gasteiger partial charge in [-0.1, -0.05) is 31.2 Å². The van der Waals surface area contributed by atoms with Gasteiger partial charge in [0.25, 0.3) is 0 Å². The lowest BCUT2D eigenvalue weighted by Gasteiger charge is -1.98. The van der Waals surface area contributed by atoms with Gasteiger partial charge in [-0.3, -0.25) is 0 Å². The van der Waals surface area contributed by atoms with Gasteiger partial charge in [0, 0.05) is 0 Å². The summed E-state index contributed by atoms with van der Waals surface area (Å²) in [4.78, 5) is 8.00. The Morgan fingerprint density at radius 1 is 1.27 bits per heavy atom. The van der Waals surface area contributed by atoms with Gasteiger partial charge >= 0.3 is 0 Å². The zero-order valence-electron chi connectivity index (χ0n) is 7.13. The van der Waals surface area contributed by atoms with E-state index in [2.05, 4.69) is 38.1 Å². The van der Waals surface area contributed by atoms with Crippen molar-refractivity contribution in [3.63, 3.8) is 0 Å². The lowest BCUT2D eigenvalue weighted by Crippen LogP contribution is -1.82. The van der Waals surface area contributed by atoms with E-state index in [9.17, 15) is 0 Å². The van der Waals surface area contributed by atoms with E-state index in [0.29, 0.717) is 0 Å². The number of hydrogen-bond acceptors (Lipinski definition) is 1. The number of hydrogen-bond donors (Lipinski definition) is 0. The van der Waals surface area contributed by atoms with Crippen LogP contribution in [0.4, 0.5) is 0 Å². The summed E-state index contributed by atoms with van der Waals surface area (Å²) in [6, 6.07) is 8.49. The lowest BCUT2D eigenvalue weighted by atomic mass is 10.1. The van der Waals surface area contributed by atoms with Crippen LogP contribution in [0.2, 0.25) is 0 Å². The fraction of sp³-hybridized carbons (Fsp3) is 0.300. The molecule has 0 bridgehead atoms. The summed E-state index contributed by atoms with van der Waals surface area (Å²) < 4.78 is 0. The smallest absolute Gasteiger partial charge is 0.106 e. The third-order valence-electron chi connectivity index (χ3n) is 1.64. The zero-order chi connectivity index (χ0) is 8.69. The Labute approximate surface area is 68.1 Å². The highest BCUT2D eigenvalue weighted by Gasteiger charge is 1.89. The molecule has 1 aromatic carbocycles. The Morgan fingerprint density at radius 2 is 1.82 bits per heavy atom. The molecule has 0 saturated heterocycles. The van der Waals surface area contributed by atoms with Crippen molar-refractivity contribution in [1.82, 2.24) is 0 Å². The Hall–Kier alpha value is -1.11. The van der Waals surface area contributed by atoms with E-state index in [1.807, 2.05) is 6.79 Å². The van der Waals surface area contributed by atoms with Crippen molar-refractivity contribution < 1.29 is 4.79 Å². The summed E-state index contributed by atoms with van der Waals surface area (Å²) in [6.45, 7) is 6.33. The first-order chi connectivity index (χ1) is 5.34. The maximum Gasteiger partial charge on any atom is 0.106 e. The van der Waals surface area contributed by atoms with Gasteiger partial charge in [0.2, 0.25) is 0 Å². The van der Waals surface area contributed by atoms with E-state index in [4.69, 9.17) is 4.79 Å². The molecule has 0 N–H and O–H groups in total. The van der Waals surface area contributed by atoms with Crippen LogP contribution in [0.25, 0.3) is 0 Å². The number of carbonyl (C=O) groups is 1. The van der Waals surface area contributed by atoms with Gasteiger partial charge in [0.15, 0.2) is 0 Å². The second-order valence-electron chi connectivity index (χ2n) is 2.28. The van der Waals surface area contributed by atoms with Gasteiger partial charge in [0.05, 0.1) is 0 Å². The maximum absolute atomic E-state index is 8.00. The van der Waals surface area contributed by atoms with Crippen LogP contribution in [0.1, 0.15) is 18.1 Å². The molecule has 11 heavy (non-hydrogen) atoms. The van der Waals surface area contributed by atoms with Gasteiger partial charge in [-0.15, -0.1) is 0 Å². The average Bonchev–Trinajstić information content (AvgIpc) is 2.09. The fourth-order valence-corrected chi connectivity index (χ4v) is 1.01. The molecule has 1 rings (SSSR count). The normalized spacial score (nSPS) is 8.18. The summed E-state index contributed by atoms with van der Waals surface area (Å²) in [5.41, 5.74) is 2.86. The van der Waals surface area contributed by atoms with Crippen LogP contribution in [-0.2, 0) is 11.2 Å². The Balaban J connectivity index is 0.000000461. The van der Waals surface area contributed by atoms with Crippen molar-refractivity contribution in [2.45, 2.75) is 20.3 Å². The molecule has 0 spiro atoms. The molecule has 0 saturated carbocycles. The molecule has 0 heterocycles.